The van der Waals surface area contributed by atoms with E-state index in [0.29, 0.717) is 5.57 Å². The molecule has 2 aromatic heterocycles. The van der Waals surface area contributed by atoms with Crippen LogP contribution in [0.3, 0.4) is 0 Å². The summed E-state index contributed by atoms with van der Waals surface area (Å²) in [6.45, 7) is 0. The number of carboxylic acids is 1. The molecule has 0 bridgehead atoms. The number of amides is 2. The van der Waals surface area contributed by atoms with Crippen molar-refractivity contribution in [3.8, 4) is 5.88 Å². The first kappa shape index (κ1) is 25.5. The molecule has 18 heteroatoms. The Bertz CT molecular complexity index is 1370. The van der Waals surface area contributed by atoms with Crippen LogP contribution in [0.2, 0.25) is 0 Å². The van der Waals surface area contributed by atoms with E-state index in [-0.39, 0.29) is 38.9 Å². The molecule has 4 rings (SSSR count). The van der Waals surface area contributed by atoms with Gasteiger partial charge < -0.3 is 30.9 Å². The lowest BCUT2D eigenvalue weighted by Gasteiger charge is -2.50. The number of fused-ring (bicyclic) bond motifs is 1. The molecule has 0 aromatic carbocycles. The van der Waals surface area contributed by atoms with Crippen molar-refractivity contribution in [1.82, 2.24) is 30.0 Å². The molecule has 15 nitrogen and oxygen atoms in total. The Kier molecular flexibility index (Phi) is 7.18. The summed E-state index contributed by atoms with van der Waals surface area (Å²) in [5, 5.41) is 34.1. The summed E-state index contributed by atoms with van der Waals surface area (Å²) in [6.07, 6.45) is 0. The van der Waals surface area contributed by atoms with Gasteiger partial charge in [-0.2, -0.15) is 10.1 Å². The summed E-state index contributed by atoms with van der Waals surface area (Å²) in [4.78, 5) is 62.5. The zero-order valence-electron chi connectivity index (χ0n) is 18.5. The molecule has 2 aliphatic rings. The first-order valence-corrected chi connectivity index (χ1v) is 12.8. The highest BCUT2D eigenvalue weighted by molar-refractivity contribution is 8.01. The van der Waals surface area contributed by atoms with E-state index >= 15 is 0 Å². The topological polar surface area (TPSA) is 221 Å². The number of aliphatic carboxylic acids is 1. The van der Waals surface area contributed by atoms with Gasteiger partial charge in [0.05, 0.1) is 17.5 Å². The van der Waals surface area contributed by atoms with E-state index in [1.807, 2.05) is 0 Å². The number of carbonyl (C=O) groups is 3. The second-order valence-corrected chi connectivity index (χ2v) is 10.1. The molecule has 0 spiro atoms. The number of β-lactam (4-membered cyclic amide) rings is 1. The third-order valence-corrected chi connectivity index (χ3v) is 8.08. The number of oxime groups is 1. The summed E-state index contributed by atoms with van der Waals surface area (Å²) < 4.78 is 1.11. The fraction of sp³-hybridized carbons (Fsp3) is 0.333. The van der Waals surface area contributed by atoms with Gasteiger partial charge in [-0.1, -0.05) is 16.9 Å². The number of hydrogen-bond acceptors (Lipinski definition) is 15. The fourth-order valence-electron chi connectivity index (χ4n) is 3.39. The largest absolute Gasteiger partial charge is 0.854 e. The number of rotatable bonds is 8. The lowest BCUT2D eigenvalue weighted by atomic mass is 10.0. The Balaban J connectivity index is 1.51. The molecule has 0 aliphatic carbocycles. The van der Waals surface area contributed by atoms with E-state index in [1.54, 1.807) is 0 Å². The van der Waals surface area contributed by atoms with Gasteiger partial charge in [0.15, 0.2) is 16.0 Å². The van der Waals surface area contributed by atoms with Crippen LogP contribution in [0.4, 0.5) is 5.13 Å². The summed E-state index contributed by atoms with van der Waals surface area (Å²) in [5.74, 6) is -3.74. The number of nitrogens with zero attached hydrogens (tertiary/aromatic N) is 6. The number of aryl methyl sites for hydroxylation is 1. The molecular formula is C18H16N8O7S3-2. The predicted octanol–water partition coefficient (Wildman–Crippen LogP) is -3.17. The average Bonchev–Trinajstić information content (AvgIpc) is 3.27. The molecule has 0 radical (unpaired) electrons. The Morgan fingerprint density at radius 2 is 2.14 bits per heavy atom. The van der Waals surface area contributed by atoms with Crippen LogP contribution in [0.1, 0.15) is 5.69 Å². The van der Waals surface area contributed by atoms with Crippen LogP contribution in [0.5, 0.6) is 5.88 Å². The van der Waals surface area contributed by atoms with Crippen molar-refractivity contribution in [2.24, 2.45) is 12.2 Å². The number of carbonyl (C=O) groups excluding carboxylic acids is 3. The van der Waals surface area contributed by atoms with Gasteiger partial charge in [-0.15, -0.1) is 23.1 Å². The molecule has 0 saturated carbocycles. The molecule has 36 heavy (non-hydrogen) atoms. The van der Waals surface area contributed by atoms with Crippen LogP contribution < -0.4 is 26.8 Å². The molecule has 2 atom stereocenters. The number of anilines is 1. The molecule has 2 aromatic rings. The quantitative estimate of drug-likeness (QED) is 0.143. The van der Waals surface area contributed by atoms with Crippen molar-refractivity contribution in [3.05, 3.63) is 32.7 Å². The highest BCUT2D eigenvalue weighted by atomic mass is 32.2. The smallest absolute Gasteiger partial charge is 0.284 e. The van der Waals surface area contributed by atoms with Gasteiger partial charge in [-0.05, 0) is 5.57 Å². The van der Waals surface area contributed by atoms with E-state index in [2.05, 4.69) is 25.5 Å². The summed E-state index contributed by atoms with van der Waals surface area (Å²) in [6, 6.07) is -1.03. The Morgan fingerprint density at radius 1 is 1.39 bits per heavy atom. The standard InChI is InChI=1S/C18H18N8O7S3/c1-25-18(22-12(28)13(29)23-25)36-4-6-3-34-15-9(14(30)26(15)10(6)16(31)32)21-11(27)8(24-33-2)7-5-35-17(19)20-7/h5,9,15H,3-4H2,1-2H3,(H2,19,20)(H,21,27)(H,23,29)(H,31,32)/p-2/b24-8+/t9-,15?/m1/s1. The number of nitrogen functional groups attached to an aromatic ring is 1. The van der Waals surface area contributed by atoms with Gasteiger partial charge >= 0.3 is 0 Å². The molecular weight excluding hydrogens is 536 g/mol. The van der Waals surface area contributed by atoms with Gasteiger partial charge in [0.2, 0.25) is 0 Å². The number of thioether (sulfide) groups is 2. The molecule has 1 fully saturated rings. The van der Waals surface area contributed by atoms with Gasteiger partial charge in [-0.25, -0.2) is 9.67 Å². The molecule has 2 aliphatic heterocycles. The van der Waals surface area contributed by atoms with E-state index < -0.39 is 40.6 Å². The highest BCUT2D eigenvalue weighted by Gasteiger charge is 2.53. The minimum Gasteiger partial charge on any atom is -0.854 e. The Hall–Kier alpha value is -3.64. The molecule has 1 saturated heterocycles. The van der Waals surface area contributed by atoms with Crippen molar-refractivity contribution in [2.75, 3.05) is 24.3 Å². The zero-order valence-corrected chi connectivity index (χ0v) is 20.9. The fourth-order valence-corrected chi connectivity index (χ4v) is 6.33. The summed E-state index contributed by atoms with van der Waals surface area (Å²) >= 11 is 3.31. The minimum absolute atomic E-state index is 0.0416. The molecule has 190 valence electrons. The van der Waals surface area contributed by atoms with Crippen molar-refractivity contribution in [1.29, 1.82) is 0 Å². The number of nitrogens with one attached hydrogen (secondary N) is 1. The number of carboxylic acid groups (broad SMARTS) is 1. The SMILES string of the molecule is CO/N=C(/C(=O)N[C@@H]1C(=O)N2C(C(=O)[O-])=C(CSc3nc(=O)c([O-])nn3C)CSC12)c1csc(N)n1. The van der Waals surface area contributed by atoms with Crippen LogP contribution in [0, 0.1) is 0 Å². The van der Waals surface area contributed by atoms with Crippen LogP contribution in [0.15, 0.2) is 31.8 Å². The van der Waals surface area contributed by atoms with Gasteiger partial charge in [0.25, 0.3) is 17.4 Å². The monoisotopic (exact) mass is 552 g/mol. The maximum absolute atomic E-state index is 12.9. The second kappa shape index (κ2) is 10.2. The maximum Gasteiger partial charge on any atom is 0.284 e. The predicted molar refractivity (Wildman–Crippen MR) is 125 cm³/mol. The lowest BCUT2D eigenvalue weighted by molar-refractivity contribution is -0.301. The van der Waals surface area contributed by atoms with Crippen LogP contribution in [-0.4, -0.2) is 78.2 Å². The maximum atomic E-state index is 12.9. The van der Waals surface area contributed by atoms with E-state index in [0.717, 1.165) is 32.7 Å². The Morgan fingerprint density at radius 3 is 2.78 bits per heavy atom. The van der Waals surface area contributed by atoms with Gasteiger partial charge in [0.1, 0.15) is 24.2 Å². The van der Waals surface area contributed by atoms with Crippen molar-refractivity contribution in [2.45, 2.75) is 16.6 Å². The summed E-state index contributed by atoms with van der Waals surface area (Å²) in [7, 11) is 2.66. The average molecular weight is 553 g/mol. The minimum atomic E-state index is -1.57. The van der Waals surface area contributed by atoms with Crippen LogP contribution in [-0.2, 0) is 26.3 Å². The first-order chi connectivity index (χ1) is 17.1. The first-order valence-electron chi connectivity index (χ1n) is 9.89. The van der Waals surface area contributed by atoms with Crippen molar-refractivity contribution >= 4 is 63.5 Å². The normalized spacial score (nSPS) is 19.6. The number of hydrogen-bond donors (Lipinski definition) is 2. The van der Waals surface area contributed by atoms with Crippen molar-refractivity contribution < 1.29 is 29.4 Å². The van der Waals surface area contributed by atoms with Crippen molar-refractivity contribution in [3.63, 3.8) is 0 Å². The second-order valence-electron chi connectivity index (χ2n) is 7.21. The van der Waals surface area contributed by atoms with Crippen LogP contribution >= 0.6 is 34.9 Å². The van der Waals surface area contributed by atoms with Gasteiger partial charge in [0, 0.05) is 23.9 Å². The number of aromatic nitrogens is 4. The van der Waals surface area contributed by atoms with Gasteiger partial charge in [-0.3, -0.25) is 19.3 Å². The molecule has 2 amide bonds. The van der Waals surface area contributed by atoms with Crippen LogP contribution in [0.25, 0.3) is 0 Å². The highest BCUT2D eigenvalue weighted by Crippen LogP contribution is 2.41. The van der Waals surface area contributed by atoms with E-state index in [4.69, 9.17) is 10.6 Å². The number of thiazole rings is 1. The Labute approximate surface area is 214 Å². The van der Waals surface area contributed by atoms with E-state index in [1.165, 1.54) is 31.3 Å². The number of nitrogens with two attached hydrogens (primary N) is 1. The van der Waals surface area contributed by atoms with E-state index in [9.17, 15) is 29.4 Å². The molecule has 3 N–H and O–H groups in total. The summed E-state index contributed by atoms with van der Waals surface area (Å²) in [5.41, 5.74) is 4.57. The zero-order chi connectivity index (χ0) is 26.1. The molecule has 1 unspecified atom stereocenters. The lowest BCUT2D eigenvalue weighted by Crippen LogP contribution is -2.71. The molecule has 4 heterocycles. The third kappa shape index (κ3) is 4.73. The third-order valence-electron chi connectivity index (χ3n) is 4.96.